The van der Waals surface area contributed by atoms with E-state index in [2.05, 4.69) is 0 Å². The van der Waals surface area contributed by atoms with Gasteiger partial charge in [-0.3, -0.25) is 4.79 Å². The topological polar surface area (TPSA) is 69.4 Å². The highest BCUT2D eigenvalue weighted by Crippen LogP contribution is 2.17. The summed E-state index contributed by atoms with van der Waals surface area (Å²) in [4.78, 5) is 23.1. The minimum atomic E-state index is -0.622. The predicted octanol–water partition coefficient (Wildman–Crippen LogP) is 2.26. The van der Waals surface area contributed by atoms with Crippen LogP contribution in [0.2, 0.25) is 0 Å². The van der Waals surface area contributed by atoms with Crippen molar-refractivity contribution < 1.29 is 14.3 Å². The Balaban J connectivity index is 3.02. The molecule has 0 spiro atoms. The van der Waals surface area contributed by atoms with E-state index in [1.807, 2.05) is 0 Å². The van der Waals surface area contributed by atoms with E-state index in [1.165, 1.54) is 18.2 Å². The number of anilines is 1. The van der Waals surface area contributed by atoms with Crippen molar-refractivity contribution in [2.75, 3.05) is 12.3 Å². The second kappa shape index (κ2) is 5.68. The standard InChI is InChI=1S/C12H14ClNO3/c1-3-17-12(16)9-5-4-8(6-10(9)14)11(15)7(2)13/h4-7H,3,14H2,1-2H3. The summed E-state index contributed by atoms with van der Waals surface area (Å²) in [5, 5.41) is -0.622. The summed E-state index contributed by atoms with van der Waals surface area (Å²) in [6.07, 6.45) is 0. The Hall–Kier alpha value is -1.55. The maximum absolute atomic E-state index is 11.6. The van der Waals surface area contributed by atoms with Crippen molar-refractivity contribution >= 4 is 29.0 Å². The number of esters is 1. The van der Waals surface area contributed by atoms with Gasteiger partial charge in [-0.15, -0.1) is 11.6 Å². The average Bonchev–Trinajstić information content (AvgIpc) is 2.27. The summed E-state index contributed by atoms with van der Waals surface area (Å²) in [6.45, 7) is 3.57. The van der Waals surface area contributed by atoms with Gasteiger partial charge in [0.2, 0.25) is 0 Å². The number of alkyl halides is 1. The van der Waals surface area contributed by atoms with Crippen LogP contribution < -0.4 is 5.73 Å². The van der Waals surface area contributed by atoms with E-state index in [0.717, 1.165) is 0 Å². The SMILES string of the molecule is CCOC(=O)c1ccc(C(=O)C(C)Cl)cc1N. The van der Waals surface area contributed by atoms with E-state index >= 15 is 0 Å². The molecule has 92 valence electrons. The van der Waals surface area contributed by atoms with Gasteiger partial charge in [0.25, 0.3) is 0 Å². The normalized spacial score (nSPS) is 11.9. The second-order valence-electron chi connectivity index (χ2n) is 3.50. The van der Waals surface area contributed by atoms with Crippen molar-refractivity contribution in [3.8, 4) is 0 Å². The molecule has 0 aromatic heterocycles. The molecular formula is C12H14ClNO3. The Bertz CT molecular complexity index is 443. The number of nitrogens with two attached hydrogens (primary N) is 1. The van der Waals surface area contributed by atoms with Crippen LogP contribution >= 0.6 is 11.6 Å². The molecule has 1 rings (SSSR count). The molecule has 1 aromatic carbocycles. The summed E-state index contributed by atoms with van der Waals surface area (Å²) < 4.78 is 4.83. The van der Waals surface area contributed by atoms with Crippen molar-refractivity contribution in [1.82, 2.24) is 0 Å². The molecule has 0 heterocycles. The zero-order valence-corrected chi connectivity index (χ0v) is 10.5. The molecule has 0 radical (unpaired) electrons. The first kappa shape index (κ1) is 13.5. The number of halogens is 1. The van der Waals surface area contributed by atoms with Crippen LogP contribution in [0.3, 0.4) is 0 Å². The molecule has 0 saturated heterocycles. The number of nitrogen functional groups attached to an aromatic ring is 1. The van der Waals surface area contributed by atoms with E-state index in [4.69, 9.17) is 22.1 Å². The smallest absolute Gasteiger partial charge is 0.340 e. The van der Waals surface area contributed by atoms with Crippen molar-refractivity contribution in [2.45, 2.75) is 19.2 Å². The fourth-order valence-electron chi connectivity index (χ4n) is 1.34. The Labute approximate surface area is 105 Å². The lowest BCUT2D eigenvalue weighted by Crippen LogP contribution is -2.13. The highest BCUT2D eigenvalue weighted by Gasteiger charge is 2.16. The number of carbonyl (C=O) groups excluding carboxylic acids is 2. The van der Waals surface area contributed by atoms with Crippen LogP contribution in [-0.4, -0.2) is 23.7 Å². The fourth-order valence-corrected chi connectivity index (χ4v) is 1.47. The van der Waals surface area contributed by atoms with Gasteiger partial charge in [0.1, 0.15) is 0 Å². The number of hydrogen-bond acceptors (Lipinski definition) is 4. The number of benzene rings is 1. The Morgan fingerprint density at radius 1 is 1.47 bits per heavy atom. The average molecular weight is 256 g/mol. The van der Waals surface area contributed by atoms with Crippen molar-refractivity contribution in [2.24, 2.45) is 0 Å². The summed E-state index contributed by atoms with van der Waals surface area (Å²) >= 11 is 5.69. The Kier molecular flexibility index (Phi) is 4.52. The number of hydrogen-bond donors (Lipinski definition) is 1. The first-order chi connectivity index (χ1) is 7.97. The number of carbonyl (C=O) groups is 2. The highest BCUT2D eigenvalue weighted by molar-refractivity contribution is 6.33. The van der Waals surface area contributed by atoms with Gasteiger partial charge in [-0.1, -0.05) is 6.07 Å². The summed E-state index contributed by atoms with van der Waals surface area (Å²) in [6, 6.07) is 4.43. The predicted molar refractivity (Wildman–Crippen MR) is 66.5 cm³/mol. The summed E-state index contributed by atoms with van der Waals surface area (Å²) in [5.41, 5.74) is 6.55. The number of ether oxygens (including phenoxy) is 1. The first-order valence-electron chi connectivity index (χ1n) is 5.22. The number of ketones is 1. The highest BCUT2D eigenvalue weighted by atomic mass is 35.5. The van der Waals surface area contributed by atoms with E-state index in [0.29, 0.717) is 5.56 Å². The third kappa shape index (κ3) is 3.20. The minimum absolute atomic E-state index is 0.214. The third-order valence-corrected chi connectivity index (χ3v) is 2.39. The number of Topliss-reactive ketones (excluding diaryl/α,β-unsaturated/α-hetero) is 1. The van der Waals surface area contributed by atoms with Crippen LogP contribution in [0.25, 0.3) is 0 Å². The molecule has 2 N–H and O–H groups in total. The van der Waals surface area contributed by atoms with E-state index in [-0.39, 0.29) is 23.6 Å². The van der Waals surface area contributed by atoms with Gasteiger partial charge in [-0.25, -0.2) is 4.79 Å². The van der Waals surface area contributed by atoms with E-state index in [9.17, 15) is 9.59 Å². The Morgan fingerprint density at radius 2 is 2.12 bits per heavy atom. The maximum atomic E-state index is 11.6. The molecule has 0 aliphatic carbocycles. The van der Waals surface area contributed by atoms with Gasteiger partial charge >= 0.3 is 5.97 Å². The summed E-state index contributed by atoms with van der Waals surface area (Å²) in [7, 11) is 0. The van der Waals surface area contributed by atoms with Gasteiger partial charge in [0.15, 0.2) is 5.78 Å². The van der Waals surface area contributed by atoms with Crippen molar-refractivity contribution in [3.63, 3.8) is 0 Å². The van der Waals surface area contributed by atoms with E-state index < -0.39 is 11.3 Å². The molecule has 0 aliphatic heterocycles. The molecule has 1 aromatic rings. The van der Waals surface area contributed by atoms with Gasteiger partial charge in [0, 0.05) is 11.3 Å². The van der Waals surface area contributed by atoms with Crippen LogP contribution in [0.4, 0.5) is 5.69 Å². The molecule has 0 aliphatic rings. The van der Waals surface area contributed by atoms with Gasteiger partial charge in [0.05, 0.1) is 17.5 Å². The Morgan fingerprint density at radius 3 is 2.59 bits per heavy atom. The molecule has 5 heteroatoms. The van der Waals surface area contributed by atoms with Crippen LogP contribution in [0.1, 0.15) is 34.6 Å². The maximum Gasteiger partial charge on any atom is 0.340 e. The van der Waals surface area contributed by atoms with Gasteiger partial charge in [-0.05, 0) is 26.0 Å². The molecular weight excluding hydrogens is 242 g/mol. The zero-order chi connectivity index (χ0) is 13.0. The van der Waals surface area contributed by atoms with Crippen LogP contribution in [-0.2, 0) is 4.74 Å². The molecule has 0 amide bonds. The molecule has 1 unspecified atom stereocenters. The van der Waals surface area contributed by atoms with Gasteiger partial charge < -0.3 is 10.5 Å². The largest absolute Gasteiger partial charge is 0.462 e. The van der Waals surface area contributed by atoms with Crippen molar-refractivity contribution in [3.05, 3.63) is 29.3 Å². The van der Waals surface area contributed by atoms with Crippen LogP contribution in [0.5, 0.6) is 0 Å². The lowest BCUT2D eigenvalue weighted by atomic mass is 10.0. The zero-order valence-electron chi connectivity index (χ0n) is 9.70. The van der Waals surface area contributed by atoms with Crippen LogP contribution in [0.15, 0.2) is 18.2 Å². The van der Waals surface area contributed by atoms with Crippen molar-refractivity contribution in [1.29, 1.82) is 0 Å². The number of rotatable bonds is 4. The lowest BCUT2D eigenvalue weighted by Gasteiger charge is -2.08. The summed E-state index contributed by atoms with van der Waals surface area (Å²) in [5.74, 6) is -0.725. The first-order valence-corrected chi connectivity index (χ1v) is 5.66. The monoisotopic (exact) mass is 255 g/mol. The van der Waals surface area contributed by atoms with E-state index in [1.54, 1.807) is 13.8 Å². The molecule has 0 fully saturated rings. The molecule has 0 saturated carbocycles. The van der Waals surface area contributed by atoms with Crippen LogP contribution in [0, 0.1) is 0 Å². The molecule has 4 nitrogen and oxygen atoms in total. The second-order valence-corrected chi connectivity index (χ2v) is 4.16. The van der Waals surface area contributed by atoms with Gasteiger partial charge in [-0.2, -0.15) is 0 Å². The fraction of sp³-hybridized carbons (Fsp3) is 0.333. The minimum Gasteiger partial charge on any atom is -0.462 e. The lowest BCUT2D eigenvalue weighted by molar-refractivity contribution is 0.0527. The quantitative estimate of drug-likeness (QED) is 0.388. The third-order valence-electron chi connectivity index (χ3n) is 2.19. The molecule has 0 bridgehead atoms. The molecule has 1 atom stereocenters. The molecule has 17 heavy (non-hydrogen) atoms.